The van der Waals surface area contributed by atoms with Crippen molar-refractivity contribution in [2.24, 2.45) is 0 Å². The van der Waals surface area contributed by atoms with E-state index in [-0.39, 0.29) is 6.04 Å². The lowest BCUT2D eigenvalue weighted by Crippen LogP contribution is -2.44. The van der Waals surface area contributed by atoms with Crippen LogP contribution in [-0.2, 0) is 22.9 Å². The van der Waals surface area contributed by atoms with E-state index in [0.717, 1.165) is 37.7 Å². The normalized spacial score (nSPS) is 26.4. The number of rotatable bonds is 3. The first-order chi connectivity index (χ1) is 9.56. The monoisotopic (exact) mass is 295 g/mol. The van der Waals surface area contributed by atoms with E-state index in [4.69, 9.17) is 0 Å². The Kier molecular flexibility index (Phi) is 3.84. The van der Waals surface area contributed by atoms with Crippen molar-refractivity contribution < 1.29 is 13.5 Å². The van der Waals surface area contributed by atoms with Gasteiger partial charge in [0.2, 0.25) is 10.0 Å². The molecule has 110 valence electrons. The number of fused-ring (bicyclic) bond motifs is 1. The number of nitrogens with one attached hydrogen (secondary N) is 1. The lowest BCUT2D eigenvalue weighted by atomic mass is 9.93. The first kappa shape index (κ1) is 14.0. The Morgan fingerprint density at radius 1 is 1.05 bits per heavy atom. The van der Waals surface area contributed by atoms with Crippen molar-refractivity contribution >= 4 is 10.0 Å². The maximum Gasteiger partial charge on any atom is 0.240 e. The molecule has 0 radical (unpaired) electrons. The molecule has 0 saturated heterocycles. The topological polar surface area (TPSA) is 66.4 Å². The van der Waals surface area contributed by atoms with Gasteiger partial charge in [-0.05, 0) is 55.4 Å². The number of benzene rings is 1. The molecule has 0 aliphatic heterocycles. The molecule has 2 aliphatic rings. The molecular formula is C15H21NO3S. The second-order valence-electron chi connectivity index (χ2n) is 5.86. The molecule has 0 spiro atoms. The van der Waals surface area contributed by atoms with E-state index in [1.165, 1.54) is 5.56 Å². The van der Waals surface area contributed by atoms with Crippen molar-refractivity contribution in [1.29, 1.82) is 0 Å². The SMILES string of the molecule is O=S(=O)(N[C@@H]1CCCC[C@H]1O)c1ccc2c(c1)CCC2. The summed E-state index contributed by atoms with van der Waals surface area (Å²) in [6.45, 7) is 0. The zero-order valence-corrected chi connectivity index (χ0v) is 12.3. The minimum absolute atomic E-state index is 0.330. The van der Waals surface area contributed by atoms with Crippen molar-refractivity contribution in [3.05, 3.63) is 29.3 Å². The lowest BCUT2D eigenvalue weighted by molar-refractivity contribution is 0.101. The summed E-state index contributed by atoms with van der Waals surface area (Å²) >= 11 is 0. The van der Waals surface area contributed by atoms with Gasteiger partial charge in [0.25, 0.3) is 0 Å². The maximum atomic E-state index is 12.4. The summed E-state index contributed by atoms with van der Waals surface area (Å²) in [6, 6.07) is 5.05. The van der Waals surface area contributed by atoms with E-state index in [9.17, 15) is 13.5 Å². The van der Waals surface area contributed by atoms with Gasteiger partial charge in [-0.25, -0.2) is 13.1 Å². The molecule has 0 unspecified atom stereocenters. The molecule has 20 heavy (non-hydrogen) atoms. The minimum atomic E-state index is -3.52. The molecule has 1 aromatic carbocycles. The first-order valence-electron chi connectivity index (χ1n) is 7.38. The van der Waals surface area contributed by atoms with Crippen LogP contribution in [0.15, 0.2) is 23.1 Å². The zero-order chi connectivity index (χ0) is 14.2. The number of hydrogen-bond acceptors (Lipinski definition) is 3. The first-order valence-corrected chi connectivity index (χ1v) is 8.87. The van der Waals surface area contributed by atoms with Crippen LogP contribution in [0, 0.1) is 0 Å². The highest BCUT2D eigenvalue weighted by molar-refractivity contribution is 7.89. The molecule has 5 heteroatoms. The Balaban J connectivity index is 1.81. The van der Waals surface area contributed by atoms with Crippen molar-refractivity contribution in [1.82, 2.24) is 4.72 Å². The molecule has 1 aromatic rings. The summed E-state index contributed by atoms with van der Waals surface area (Å²) in [5.74, 6) is 0. The van der Waals surface area contributed by atoms with Gasteiger partial charge in [0.05, 0.1) is 11.0 Å². The van der Waals surface area contributed by atoms with Crippen molar-refractivity contribution in [3.8, 4) is 0 Å². The lowest BCUT2D eigenvalue weighted by Gasteiger charge is -2.28. The van der Waals surface area contributed by atoms with Gasteiger partial charge in [0.15, 0.2) is 0 Å². The summed E-state index contributed by atoms with van der Waals surface area (Å²) in [5.41, 5.74) is 2.42. The van der Waals surface area contributed by atoms with Gasteiger partial charge in [-0.2, -0.15) is 0 Å². The fourth-order valence-electron chi connectivity index (χ4n) is 3.23. The van der Waals surface area contributed by atoms with Crippen molar-refractivity contribution in [2.75, 3.05) is 0 Å². The summed E-state index contributed by atoms with van der Waals surface area (Å²) in [7, 11) is -3.52. The van der Waals surface area contributed by atoms with Crippen LogP contribution in [0.25, 0.3) is 0 Å². The molecule has 0 bridgehead atoms. The molecule has 2 aliphatic carbocycles. The average molecular weight is 295 g/mol. The third kappa shape index (κ3) is 2.75. The second kappa shape index (κ2) is 5.47. The Bertz CT molecular complexity index is 597. The summed E-state index contributed by atoms with van der Waals surface area (Å²) in [5, 5.41) is 9.91. The Labute approximate surface area is 120 Å². The van der Waals surface area contributed by atoms with E-state index in [2.05, 4.69) is 4.72 Å². The number of hydrogen-bond donors (Lipinski definition) is 2. The van der Waals surface area contributed by atoms with Gasteiger partial charge < -0.3 is 5.11 Å². The maximum absolute atomic E-state index is 12.4. The quantitative estimate of drug-likeness (QED) is 0.893. The van der Waals surface area contributed by atoms with Crippen LogP contribution in [0.3, 0.4) is 0 Å². The molecule has 2 atom stereocenters. The van der Waals surface area contributed by atoms with Gasteiger partial charge in [-0.15, -0.1) is 0 Å². The summed E-state index contributed by atoms with van der Waals surface area (Å²) in [6.07, 6.45) is 5.88. The van der Waals surface area contributed by atoms with Crippen LogP contribution in [0.5, 0.6) is 0 Å². The predicted octanol–water partition coefficient (Wildman–Crippen LogP) is 1.76. The Morgan fingerprint density at radius 3 is 2.60 bits per heavy atom. The predicted molar refractivity (Wildman–Crippen MR) is 77.1 cm³/mol. The highest BCUT2D eigenvalue weighted by Gasteiger charge is 2.28. The van der Waals surface area contributed by atoms with Gasteiger partial charge in [-0.3, -0.25) is 0 Å². The molecule has 1 saturated carbocycles. The minimum Gasteiger partial charge on any atom is -0.391 e. The Hall–Kier alpha value is -0.910. The van der Waals surface area contributed by atoms with Crippen LogP contribution < -0.4 is 4.72 Å². The smallest absolute Gasteiger partial charge is 0.240 e. The third-order valence-corrected chi connectivity index (χ3v) is 5.90. The standard InChI is InChI=1S/C15H21NO3S/c17-15-7-2-1-6-14(15)16-20(18,19)13-9-8-11-4-3-5-12(11)10-13/h8-10,14-17H,1-7H2/t14-,15-/m1/s1. The molecule has 1 fully saturated rings. The zero-order valence-electron chi connectivity index (χ0n) is 11.5. The van der Waals surface area contributed by atoms with Crippen LogP contribution in [0.1, 0.15) is 43.2 Å². The number of sulfonamides is 1. The van der Waals surface area contributed by atoms with Gasteiger partial charge >= 0.3 is 0 Å². The van der Waals surface area contributed by atoms with E-state index >= 15 is 0 Å². The van der Waals surface area contributed by atoms with Crippen molar-refractivity contribution in [3.63, 3.8) is 0 Å². The molecule has 4 nitrogen and oxygen atoms in total. The highest BCUT2D eigenvalue weighted by Crippen LogP contribution is 2.26. The molecule has 0 amide bonds. The van der Waals surface area contributed by atoms with E-state index in [1.807, 2.05) is 6.07 Å². The van der Waals surface area contributed by atoms with E-state index in [1.54, 1.807) is 12.1 Å². The molecule has 0 heterocycles. The average Bonchev–Trinajstić information content (AvgIpc) is 2.88. The van der Waals surface area contributed by atoms with Gasteiger partial charge in [0.1, 0.15) is 0 Å². The second-order valence-corrected chi connectivity index (χ2v) is 7.58. The molecular weight excluding hydrogens is 274 g/mol. The molecule has 2 N–H and O–H groups in total. The number of aliphatic hydroxyl groups excluding tert-OH is 1. The summed E-state index contributed by atoms with van der Waals surface area (Å²) in [4.78, 5) is 0.330. The molecule has 0 aromatic heterocycles. The van der Waals surface area contributed by atoms with Gasteiger partial charge in [-0.1, -0.05) is 18.9 Å². The number of aryl methyl sites for hydroxylation is 2. The highest BCUT2D eigenvalue weighted by atomic mass is 32.2. The van der Waals surface area contributed by atoms with Gasteiger partial charge in [0, 0.05) is 6.04 Å². The summed E-state index contributed by atoms with van der Waals surface area (Å²) < 4.78 is 27.5. The van der Waals surface area contributed by atoms with Crippen LogP contribution in [0.2, 0.25) is 0 Å². The van der Waals surface area contributed by atoms with E-state index < -0.39 is 16.1 Å². The van der Waals surface area contributed by atoms with Crippen LogP contribution in [-0.4, -0.2) is 25.7 Å². The number of aliphatic hydroxyl groups is 1. The third-order valence-electron chi connectivity index (χ3n) is 4.42. The largest absolute Gasteiger partial charge is 0.391 e. The van der Waals surface area contributed by atoms with Crippen LogP contribution >= 0.6 is 0 Å². The Morgan fingerprint density at radius 2 is 1.80 bits per heavy atom. The van der Waals surface area contributed by atoms with E-state index in [0.29, 0.717) is 17.7 Å². The van der Waals surface area contributed by atoms with Crippen molar-refractivity contribution in [2.45, 2.75) is 62.0 Å². The van der Waals surface area contributed by atoms with Crippen LogP contribution in [0.4, 0.5) is 0 Å². The fraction of sp³-hybridized carbons (Fsp3) is 0.600. The molecule has 3 rings (SSSR count). The fourth-order valence-corrected chi connectivity index (χ4v) is 4.59.